The number of amides is 3. The van der Waals surface area contributed by atoms with Crippen molar-refractivity contribution in [2.45, 2.75) is 26.0 Å². The van der Waals surface area contributed by atoms with Crippen LogP contribution in [0.3, 0.4) is 0 Å². The topological polar surface area (TPSA) is 91.9 Å². The molecule has 0 spiro atoms. The molecule has 0 saturated carbocycles. The van der Waals surface area contributed by atoms with E-state index >= 15 is 0 Å². The van der Waals surface area contributed by atoms with Gasteiger partial charge >= 0.3 is 6.03 Å². The molecule has 2 aromatic carbocycles. The van der Waals surface area contributed by atoms with Crippen LogP contribution in [0.2, 0.25) is 0 Å². The zero-order valence-corrected chi connectivity index (χ0v) is 19.4. The van der Waals surface area contributed by atoms with Crippen molar-refractivity contribution in [3.8, 4) is 5.75 Å². The summed E-state index contributed by atoms with van der Waals surface area (Å²) < 4.78 is 25.4. The number of carbonyl (C=O) groups is 2. The monoisotopic (exact) mass is 458 g/mol. The van der Waals surface area contributed by atoms with Crippen molar-refractivity contribution in [3.05, 3.63) is 53.8 Å². The third-order valence-corrected chi connectivity index (χ3v) is 5.61. The van der Waals surface area contributed by atoms with E-state index in [1.54, 1.807) is 49.4 Å². The number of anilines is 2. The van der Waals surface area contributed by atoms with Gasteiger partial charge in [0.25, 0.3) is 5.91 Å². The smallest absolute Gasteiger partial charge is 0.323 e. The normalized spacial score (nSPS) is 21.8. The van der Waals surface area contributed by atoms with Gasteiger partial charge in [-0.25, -0.2) is 9.18 Å². The van der Waals surface area contributed by atoms with Gasteiger partial charge in [0.2, 0.25) is 0 Å². The number of fused-ring (bicyclic) bond motifs is 1. The number of carbonyl (C=O) groups excluding carboxylic acids is 2. The maximum atomic E-state index is 13.8. The molecule has 8 nitrogen and oxygen atoms in total. The Hall–Kier alpha value is -3.17. The van der Waals surface area contributed by atoms with Crippen molar-refractivity contribution < 1.29 is 23.5 Å². The largest absolute Gasteiger partial charge is 0.491 e. The Bertz CT molecular complexity index is 987. The number of nitrogens with zero attached hydrogens (tertiary/aromatic N) is 1. The van der Waals surface area contributed by atoms with E-state index in [0.29, 0.717) is 30.2 Å². The number of ether oxygens (including phenoxy) is 2. The maximum Gasteiger partial charge on any atom is 0.323 e. The summed E-state index contributed by atoms with van der Waals surface area (Å²) in [5.41, 5.74) is 0.859. The van der Waals surface area contributed by atoms with Gasteiger partial charge in [0, 0.05) is 45.0 Å². The van der Waals surface area contributed by atoms with Gasteiger partial charge in [-0.1, -0.05) is 19.1 Å². The fraction of sp³-hybridized carbons (Fsp3) is 0.417. The van der Waals surface area contributed by atoms with Gasteiger partial charge in [0.15, 0.2) is 0 Å². The summed E-state index contributed by atoms with van der Waals surface area (Å²) in [5.74, 6) is -0.187. The van der Waals surface area contributed by atoms with Crippen LogP contribution < -0.4 is 20.7 Å². The highest BCUT2D eigenvalue weighted by atomic mass is 19.1. The molecular formula is C24H31FN4O4. The molecule has 0 aliphatic carbocycles. The molecule has 1 aliphatic heterocycles. The number of nitrogens with one attached hydrogen (secondary N) is 3. The van der Waals surface area contributed by atoms with E-state index in [1.165, 1.54) is 12.1 Å². The molecule has 0 radical (unpaired) electrons. The minimum absolute atomic E-state index is 0.0334. The lowest BCUT2D eigenvalue weighted by atomic mass is 10.0. The Morgan fingerprint density at radius 2 is 1.97 bits per heavy atom. The molecule has 3 atom stereocenters. The van der Waals surface area contributed by atoms with Crippen LogP contribution in [0.1, 0.15) is 24.2 Å². The molecule has 0 aromatic heterocycles. The molecule has 178 valence electrons. The highest BCUT2D eigenvalue weighted by Gasteiger charge is 2.25. The fourth-order valence-electron chi connectivity index (χ4n) is 3.58. The van der Waals surface area contributed by atoms with Crippen LogP contribution in [0.4, 0.5) is 20.6 Å². The van der Waals surface area contributed by atoms with Crippen LogP contribution >= 0.6 is 0 Å². The molecule has 3 amide bonds. The Balaban J connectivity index is 1.81. The van der Waals surface area contributed by atoms with Crippen molar-refractivity contribution in [1.29, 1.82) is 0 Å². The maximum absolute atomic E-state index is 13.8. The zero-order valence-electron chi connectivity index (χ0n) is 19.4. The summed E-state index contributed by atoms with van der Waals surface area (Å²) in [6, 6.07) is 10.1. The lowest BCUT2D eigenvalue weighted by Crippen LogP contribution is -2.44. The van der Waals surface area contributed by atoms with E-state index in [0.717, 1.165) is 6.54 Å². The average Bonchev–Trinajstić information content (AvgIpc) is 2.80. The molecule has 3 N–H and O–H groups in total. The standard InChI is InChI=1S/C24H31FN4O4/c1-15-12-26-16(2)14-33-21-11-17(27-24(31)28-20-8-6-5-7-19(20)25)9-10-18(21)23(30)29(3)13-22(15)32-4/h5-11,15-16,22,26H,12-14H2,1-4H3,(H2,27,28,31)/t15-,16+,22+/m1/s1. The molecule has 0 saturated heterocycles. The Kier molecular flexibility index (Phi) is 8.24. The van der Waals surface area contributed by atoms with Crippen molar-refractivity contribution >= 4 is 23.3 Å². The van der Waals surface area contributed by atoms with Crippen LogP contribution in [0.5, 0.6) is 5.75 Å². The van der Waals surface area contributed by atoms with Gasteiger partial charge < -0.3 is 30.3 Å². The van der Waals surface area contributed by atoms with Crippen molar-refractivity contribution in [2.75, 3.05) is 44.5 Å². The van der Waals surface area contributed by atoms with Crippen LogP contribution in [0.15, 0.2) is 42.5 Å². The van der Waals surface area contributed by atoms with Crippen LogP contribution in [-0.4, -0.2) is 62.8 Å². The van der Waals surface area contributed by atoms with Gasteiger partial charge in [0.05, 0.1) is 17.4 Å². The molecule has 0 bridgehead atoms. The van der Waals surface area contributed by atoms with Crippen molar-refractivity contribution in [3.63, 3.8) is 0 Å². The molecule has 0 unspecified atom stereocenters. The van der Waals surface area contributed by atoms with E-state index in [1.807, 2.05) is 6.92 Å². The second-order valence-electron chi connectivity index (χ2n) is 8.33. The molecule has 33 heavy (non-hydrogen) atoms. The third kappa shape index (κ3) is 6.43. The second kappa shape index (κ2) is 11.1. The van der Waals surface area contributed by atoms with E-state index in [-0.39, 0.29) is 29.7 Å². The number of hydrogen-bond donors (Lipinski definition) is 3. The second-order valence-corrected chi connectivity index (χ2v) is 8.33. The number of benzene rings is 2. The number of para-hydroxylation sites is 1. The predicted octanol–water partition coefficient (Wildman–Crippen LogP) is 3.56. The first kappa shape index (κ1) is 24.5. The first-order chi connectivity index (χ1) is 15.8. The first-order valence-electron chi connectivity index (χ1n) is 10.9. The summed E-state index contributed by atoms with van der Waals surface area (Å²) in [7, 11) is 3.37. The van der Waals surface area contributed by atoms with E-state index in [2.05, 4.69) is 22.9 Å². The lowest BCUT2D eigenvalue weighted by Gasteiger charge is -2.30. The minimum Gasteiger partial charge on any atom is -0.491 e. The molecule has 3 rings (SSSR count). The summed E-state index contributed by atoms with van der Waals surface area (Å²) in [6.45, 7) is 5.56. The fourth-order valence-corrected chi connectivity index (χ4v) is 3.58. The van der Waals surface area contributed by atoms with Gasteiger partial charge in [0.1, 0.15) is 18.2 Å². The summed E-state index contributed by atoms with van der Waals surface area (Å²) >= 11 is 0. The molecule has 1 aliphatic rings. The van der Waals surface area contributed by atoms with Crippen LogP contribution in [0.25, 0.3) is 0 Å². The zero-order chi connectivity index (χ0) is 24.0. The molecule has 0 fully saturated rings. The summed E-state index contributed by atoms with van der Waals surface area (Å²) in [5, 5.41) is 8.55. The summed E-state index contributed by atoms with van der Waals surface area (Å²) in [6.07, 6.45) is -0.120. The number of methoxy groups -OCH3 is 1. The van der Waals surface area contributed by atoms with E-state index in [9.17, 15) is 14.0 Å². The van der Waals surface area contributed by atoms with Crippen molar-refractivity contribution in [1.82, 2.24) is 10.2 Å². The number of halogens is 1. The Labute approximate surface area is 193 Å². The Morgan fingerprint density at radius 3 is 2.70 bits per heavy atom. The quantitative estimate of drug-likeness (QED) is 0.654. The van der Waals surface area contributed by atoms with Gasteiger partial charge in [-0.05, 0) is 37.1 Å². The minimum atomic E-state index is -0.608. The van der Waals surface area contributed by atoms with Crippen molar-refractivity contribution in [2.24, 2.45) is 5.92 Å². The van der Waals surface area contributed by atoms with Crippen LogP contribution in [0, 0.1) is 11.7 Å². The molecule has 2 aromatic rings. The van der Waals surface area contributed by atoms with Gasteiger partial charge in [-0.2, -0.15) is 0 Å². The Morgan fingerprint density at radius 1 is 1.21 bits per heavy atom. The molecule has 9 heteroatoms. The molecular weight excluding hydrogens is 427 g/mol. The first-order valence-corrected chi connectivity index (χ1v) is 10.9. The number of likely N-dealkylation sites (N-methyl/N-ethyl adjacent to an activating group) is 1. The number of rotatable bonds is 3. The third-order valence-electron chi connectivity index (χ3n) is 5.61. The van der Waals surface area contributed by atoms with E-state index < -0.39 is 11.8 Å². The SMILES string of the molecule is CO[C@H]1CN(C)C(=O)c2ccc(NC(=O)Nc3ccccc3F)cc2OC[C@H](C)NC[C@H]1C. The lowest BCUT2D eigenvalue weighted by molar-refractivity contribution is 0.0281. The molecule has 1 heterocycles. The number of hydrogen-bond acceptors (Lipinski definition) is 5. The number of urea groups is 1. The van der Waals surface area contributed by atoms with Crippen LogP contribution in [-0.2, 0) is 4.74 Å². The van der Waals surface area contributed by atoms with Gasteiger partial charge in [-0.3, -0.25) is 4.79 Å². The predicted molar refractivity (Wildman–Crippen MR) is 125 cm³/mol. The van der Waals surface area contributed by atoms with Gasteiger partial charge in [-0.15, -0.1) is 0 Å². The highest BCUT2D eigenvalue weighted by Crippen LogP contribution is 2.26. The van der Waals surface area contributed by atoms with E-state index in [4.69, 9.17) is 9.47 Å². The summed E-state index contributed by atoms with van der Waals surface area (Å²) in [4.78, 5) is 27.1. The average molecular weight is 459 g/mol. The highest BCUT2D eigenvalue weighted by molar-refractivity contribution is 6.01.